The highest BCUT2D eigenvalue weighted by Crippen LogP contribution is 2.22. The number of benzene rings is 1. The Kier molecular flexibility index (Phi) is 4.49. The number of aldehydes is 1. The Bertz CT molecular complexity index is 554. The molecule has 18 heavy (non-hydrogen) atoms. The lowest BCUT2D eigenvalue weighted by atomic mass is 10.2. The Morgan fingerprint density at radius 2 is 2.33 bits per heavy atom. The predicted octanol–water partition coefficient (Wildman–Crippen LogP) is 3.65. The molecule has 2 aromatic rings. The molecule has 0 unspecified atom stereocenters. The van der Waals surface area contributed by atoms with E-state index >= 15 is 0 Å². The maximum atomic E-state index is 10.9. The highest BCUT2D eigenvalue weighted by Gasteiger charge is 2.05. The quantitative estimate of drug-likeness (QED) is 0.788. The van der Waals surface area contributed by atoms with E-state index in [1.165, 1.54) is 4.88 Å². The predicted molar refractivity (Wildman–Crippen MR) is 75.6 cm³/mol. The second-order valence-electron chi connectivity index (χ2n) is 3.76. The highest BCUT2D eigenvalue weighted by molar-refractivity contribution is 9.10. The first-order chi connectivity index (χ1) is 8.70. The van der Waals surface area contributed by atoms with Crippen molar-refractivity contribution in [3.63, 3.8) is 0 Å². The largest absolute Gasteiger partial charge is 0.492 e. The van der Waals surface area contributed by atoms with Crippen LogP contribution in [0.15, 0.2) is 28.2 Å². The van der Waals surface area contributed by atoms with Crippen molar-refractivity contribution in [2.45, 2.75) is 13.3 Å². The summed E-state index contributed by atoms with van der Waals surface area (Å²) < 4.78 is 6.51. The molecule has 0 saturated heterocycles. The fourth-order valence-corrected chi connectivity index (χ4v) is 2.70. The van der Waals surface area contributed by atoms with Crippen LogP contribution < -0.4 is 4.74 Å². The summed E-state index contributed by atoms with van der Waals surface area (Å²) in [5.74, 6) is 0.621. The summed E-state index contributed by atoms with van der Waals surface area (Å²) >= 11 is 4.95. The zero-order valence-electron chi connectivity index (χ0n) is 9.85. The normalized spacial score (nSPS) is 10.3. The fourth-order valence-electron chi connectivity index (χ4n) is 1.56. The molecule has 0 fully saturated rings. The molecule has 1 heterocycles. The van der Waals surface area contributed by atoms with Crippen molar-refractivity contribution in [2.24, 2.45) is 0 Å². The molecular weight excluding hydrogens is 314 g/mol. The van der Waals surface area contributed by atoms with E-state index in [1.54, 1.807) is 23.5 Å². The van der Waals surface area contributed by atoms with E-state index in [0.717, 1.165) is 22.9 Å². The van der Waals surface area contributed by atoms with Gasteiger partial charge in [0, 0.05) is 15.8 Å². The lowest BCUT2D eigenvalue weighted by molar-refractivity contribution is 0.111. The van der Waals surface area contributed by atoms with Gasteiger partial charge in [0.15, 0.2) is 6.29 Å². The van der Waals surface area contributed by atoms with Crippen molar-refractivity contribution in [2.75, 3.05) is 6.61 Å². The van der Waals surface area contributed by atoms with Gasteiger partial charge in [0.2, 0.25) is 0 Å². The highest BCUT2D eigenvalue weighted by atomic mass is 79.9. The second kappa shape index (κ2) is 6.11. The van der Waals surface area contributed by atoms with E-state index < -0.39 is 0 Å². The summed E-state index contributed by atoms with van der Waals surface area (Å²) in [5, 5.41) is 0. The van der Waals surface area contributed by atoms with Crippen LogP contribution in [-0.2, 0) is 6.42 Å². The third kappa shape index (κ3) is 3.17. The molecule has 1 aromatic carbocycles. The lowest BCUT2D eigenvalue weighted by Gasteiger charge is -2.08. The first-order valence-electron chi connectivity index (χ1n) is 5.47. The van der Waals surface area contributed by atoms with Crippen molar-refractivity contribution in [3.8, 4) is 5.75 Å². The average molecular weight is 326 g/mol. The van der Waals surface area contributed by atoms with Crippen LogP contribution in [0.25, 0.3) is 0 Å². The minimum Gasteiger partial charge on any atom is -0.492 e. The van der Waals surface area contributed by atoms with Crippen LogP contribution in [0.3, 0.4) is 0 Å². The molecule has 2 rings (SSSR count). The summed E-state index contributed by atoms with van der Waals surface area (Å²) in [5.41, 5.74) is 3.45. The van der Waals surface area contributed by atoms with E-state index in [1.807, 2.05) is 18.5 Å². The number of hydrogen-bond donors (Lipinski definition) is 0. The minimum absolute atomic E-state index is 0.547. The summed E-state index contributed by atoms with van der Waals surface area (Å²) in [6, 6.07) is 5.41. The molecule has 0 bridgehead atoms. The molecule has 0 aliphatic rings. The average Bonchev–Trinajstić information content (AvgIpc) is 2.77. The second-order valence-corrected chi connectivity index (χ2v) is 5.61. The van der Waals surface area contributed by atoms with Crippen molar-refractivity contribution in [1.29, 1.82) is 0 Å². The van der Waals surface area contributed by atoms with Crippen molar-refractivity contribution >= 4 is 33.6 Å². The van der Waals surface area contributed by atoms with Crippen LogP contribution in [-0.4, -0.2) is 17.9 Å². The third-order valence-electron chi connectivity index (χ3n) is 2.53. The summed E-state index contributed by atoms with van der Waals surface area (Å²) in [7, 11) is 0. The van der Waals surface area contributed by atoms with E-state index in [9.17, 15) is 4.79 Å². The summed E-state index contributed by atoms with van der Waals surface area (Å²) in [6.45, 7) is 2.54. The van der Waals surface area contributed by atoms with E-state index in [-0.39, 0.29) is 0 Å². The van der Waals surface area contributed by atoms with Gasteiger partial charge in [-0.15, -0.1) is 11.3 Å². The Balaban J connectivity index is 1.98. The van der Waals surface area contributed by atoms with Crippen LogP contribution >= 0.6 is 27.3 Å². The lowest BCUT2D eigenvalue weighted by Crippen LogP contribution is -2.03. The first kappa shape index (κ1) is 13.2. The number of aromatic nitrogens is 1. The number of rotatable bonds is 5. The number of nitrogens with zero attached hydrogens (tertiary/aromatic N) is 1. The van der Waals surface area contributed by atoms with Crippen molar-refractivity contribution < 1.29 is 9.53 Å². The van der Waals surface area contributed by atoms with Crippen LogP contribution in [0, 0.1) is 6.92 Å². The number of aryl methyl sites for hydroxylation is 1. The summed E-state index contributed by atoms with van der Waals surface area (Å²) in [4.78, 5) is 16.3. The van der Waals surface area contributed by atoms with Crippen molar-refractivity contribution in [1.82, 2.24) is 4.98 Å². The van der Waals surface area contributed by atoms with E-state index in [0.29, 0.717) is 17.9 Å². The molecule has 0 amide bonds. The Hall–Kier alpha value is -1.20. The molecule has 1 aromatic heterocycles. The number of ether oxygens (including phenoxy) is 1. The fraction of sp³-hybridized carbons (Fsp3) is 0.231. The van der Waals surface area contributed by atoms with Crippen molar-refractivity contribution in [3.05, 3.63) is 44.3 Å². The molecule has 5 heteroatoms. The zero-order valence-corrected chi connectivity index (χ0v) is 12.3. The summed E-state index contributed by atoms with van der Waals surface area (Å²) in [6.07, 6.45) is 1.61. The molecule has 0 aliphatic heterocycles. The van der Waals surface area contributed by atoms with Crippen LogP contribution in [0.1, 0.15) is 20.9 Å². The molecule has 0 radical (unpaired) electrons. The van der Waals surface area contributed by atoms with Gasteiger partial charge in [-0.3, -0.25) is 4.79 Å². The topological polar surface area (TPSA) is 39.2 Å². The number of hydrogen-bond acceptors (Lipinski definition) is 4. The molecule has 0 N–H and O–H groups in total. The molecule has 94 valence electrons. The van der Waals surface area contributed by atoms with Gasteiger partial charge in [-0.25, -0.2) is 4.98 Å². The van der Waals surface area contributed by atoms with Gasteiger partial charge in [-0.2, -0.15) is 0 Å². The number of carbonyl (C=O) groups is 1. The van der Waals surface area contributed by atoms with Crippen LogP contribution in [0.2, 0.25) is 0 Å². The number of halogens is 1. The molecule has 0 saturated carbocycles. The molecule has 0 atom stereocenters. The standard InChI is InChI=1S/C13H12BrNO2S/c1-9-13(18-8-15-9)4-5-17-12-3-2-11(14)6-10(12)7-16/h2-3,6-8H,4-5H2,1H3. The first-order valence-corrected chi connectivity index (χ1v) is 7.14. The molecular formula is C13H12BrNO2S. The van der Waals surface area contributed by atoms with E-state index in [2.05, 4.69) is 20.9 Å². The van der Waals surface area contributed by atoms with Gasteiger partial charge >= 0.3 is 0 Å². The molecule has 3 nitrogen and oxygen atoms in total. The van der Waals surface area contributed by atoms with Crippen LogP contribution in [0.4, 0.5) is 0 Å². The van der Waals surface area contributed by atoms with Crippen LogP contribution in [0.5, 0.6) is 5.75 Å². The maximum Gasteiger partial charge on any atom is 0.153 e. The Morgan fingerprint density at radius 1 is 1.50 bits per heavy atom. The van der Waals surface area contributed by atoms with Gasteiger partial charge < -0.3 is 4.74 Å². The molecule has 0 spiro atoms. The van der Waals surface area contributed by atoms with Gasteiger partial charge in [0.05, 0.1) is 23.4 Å². The number of thiazole rings is 1. The maximum absolute atomic E-state index is 10.9. The Labute approximate surface area is 118 Å². The third-order valence-corrected chi connectivity index (χ3v) is 4.02. The van der Waals surface area contributed by atoms with Gasteiger partial charge in [0.25, 0.3) is 0 Å². The Morgan fingerprint density at radius 3 is 3.00 bits per heavy atom. The van der Waals surface area contributed by atoms with E-state index in [4.69, 9.17) is 4.74 Å². The SMILES string of the molecule is Cc1ncsc1CCOc1ccc(Br)cc1C=O. The minimum atomic E-state index is 0.547. The monoisotopic (exact) mass is 325 g/mol. The molecule has 0 aliphatic carbocycles. The van der Waals surface area contributed by atoms with Gasteiger partial charge in [-0.05, 0) is 25.1 Å². The van der Waals surface area contributed by atoms with Gasteiger partial charge in [-0.1, -0.05) is 15.9 Å². The zero-order chi connectivity index (χ0) is 13.0. The smallest absolute Gasteiger partial charge is 0.153 e. The van der Waals surface area contributed by atoms with Gasteiger partial charge in [0.1, 0.15) is 5.75 Å². The number of carbonyl (C=O) groups excluding carboxylic acids is 1.